The summed E-state index contributed by atoms with van der Waals surface area (Å²) in [6.07, 6.45) is -4.47. The molecule has 8 heteroatoms. The van der Waals surface area contributed by atoms with Crippen LogP contribution in [0, 0.1) is 6.92 Å². The maximum Gasteiger partial charge on any atom is 0.416 e. The highest BCUT2D eigenvalue weighted by Crippen LogP contribution is 2.34. The summed E-state index contributed by atoms with van der Waals surface area (Å²) >= 11 is 0. The second-order valence-corrected chi connectivity index (χ2v) is 5.59. The minimum absolute atomic E-state index is 0.218. The van der Waals surface area contributed by atoms with E-state index in [1.54, 1.807) is 6.92 Å². The number of likely N-dealkylation sites (tertiary alicyclic amines) is 1. The molecule has 1 unspecified atom stereocenters. The van der Waals surface area contributed by atoms with Crippen LogP contribution in [0.2, 0.25) is 0 Å². The Morgan fingerprint density at radius 3 is 2.68 bits per heavy atom. The van der Waals surface area contributed by atoms with Crippen molar-refractivity contribution in [2.75, 3.05) is 6.54 Å². The zero-order valence-corrected chi connectivity index (χ0v) is 12.4. The van der Waals surface area contributed by atoms with E-state index < -0.39 is 24.4 Å². The zero-order valence-electron chi connectivity index (χ0n) is 12.4. The molecule has 2 rings (SSSR count). The lowest BCUT2D eigenvalue weighted by Gasteiger charge is -2.36. The van der Waals surface area contributed by atoms with Crippen molar-refractivity contribution < 1.29 is 27.5 Å². The van der Waals surface area contributed by atoms with Gasteiger partial charge in [0.15, 0.2) is 6.04 Å². The van der Waals surface area contributed by atoms with Crippen LogP contribution in [0.25, 0.3) is 0 Å². The van der Waals surface area contributed by atoms with Gasteiger partial charge in [0.1, 0.15) is 11.5 Å². The number of piperidine rings is 1. The van der Waals surface area contributed by atoms with Crippen molar-refractivity contribution in [3.63, 3.8) is 0 Å². The van der Waals surface area contributed by atoms with E-state index in [1.165, 1.54) is 24.0 Å². The lowest BCUT2D eigenvalue weighted by Crippen LogP contribution is -2.52. The fourth-order valence-corrected chi connectivity index (χ4v) is 2.58. The van der Waals surface area contributed by atoms with E-state index in [4.69, 9.17) is 4.42 Å². The third-order valence-corrected chi connectivity index (χ3v) is 3.75. The quantitative estimate of drug-likeness (QED) is 0.880. The van der Waals surface area contributed by atoms with E-state index in [1.807, 2.05) is 5.32 Å². The Labute approximate surface area is 126 Å². The summed E-state index contributed by atoms with van der Waals surface area (Å²) in [7, 11) is 0. The molecule has 3 atom stereocenters. The topological polar surface area (TPSA) is 65.7 Å². The number of amides is 2. The number of aryl methyl sites for hydroxylation is 1. The Kier molecular flexibility index (Phi) is 4.69. The fraction of sp³-hybridized carbons (Fsp3) is 0.643. The van der Waals surface area contributed by atoms with Crippen molar-refractivity contribution in [2.24, 2.45) is 0 Å². The molecule has 22 heavy (non-hydrogen) atoms. The van der Waals surface area contributed by atoms with Gasteiger partial charge in [0, 0.05) is 12.6 Å². The van der Waals surface area contributed by atoms with Crippen LogP contribution in [-0.2, 0) is 0 Å². The monoisotopic (exact) mass is 320 g/mol. The van der Waals surface area contributed by atoms with E-state index in [-0.39, 0.29) is 18.3 Å². The summed E-state index contributed by atoms with van der Waals surface area (Å²) in [6, 6.07) is -0.698. The van der Waals surface area contributed by atoms with Crippen LogP contribution in [0.1, 0.15) is 37.3 Å². The van der Waals surface area contributed by atoms with Gasteiger partial charge in [0.25, 0.3) is 0 Å². The summed E-state index contributed by atoms with van der Waals surface area (Å²) in [6.45, 7) is 3.45. The standard InChI is InChI=1S/C14H19F3N2O3/c1-8-7-10(20)5-6-19(8)13(21)18-12(14(15,16)17)11-4-3-9(2)22-11/h3-4,8,10,12,20H,5-7H2,1-2H3,(H,18,21)/t8-,10-,12?/m1/s1. The number of nitrogens with zero attached hydrogens (tertiary/aromatic N) is 1. The smallest absolute Gasteiger partial charge is 0.416 e. The van der Waals surface area contributed by atoms with Crippen molar-refractivity contribution in [2.45, 2.75) is 51.1 Å². The lowest BCUT2D eigenvalue weighted by atomic mass is 10.0. The number of aliphatic hydroxyl groups is 1. The Morgan fingerprint density at radius 1 is 1.50 bits per heavy atom. The van der Waals surface area contributed by atoms with Crippen molar-refractivity contribution in [3.05, 3.63) is 23.7 Å². The average molecular weight is 320 g/mol. The number of halogens is 3. The van der Waals surface area contributed by atoms with E-state index in [0.29, 0.717) is 18.6 Å². The molecule has 5 nitrogen and oxygen atoms in total. The number of nitrogens with one attached hydrogen (secondary N) is 1. The molecule has 2 N–H and O–H groups in total. The second-order valence-electron chi connectivity index (χ2n) is 5.59. The number of carbonyl (C=O) groups excluding carboxylic acids is 1. The van der Waals surface area contributed by atoms with Crippen molar-refractivity contribution in [1.82, 2.24) is 10.2 Å². The number of hydrogen-bond donors (Lipinski definition) is 2. The van der Waals surface area contributed by atoms with Gasteiger partial charge in [0.2, 0.25) is 0 Å². The van der Waals surface area contributed by atoms with Crippen molar-refractivity contribution in [1.29, 1.82) is 0 Å². The first-order chi connectivity index (χ1) is 10.2. The van der Waals surface area contributed by atoms with Crippen LogP contribution in [0.5, 0.6) is 0 Å². The number of carbonyl (C=O) groups is 1. The molecule has 0 aliphatic carbocycles. The van der Waals surface area contributed by atoms with E-state index in [0.717, 1.165) is 0 Å². The fourth-order valence-electron chi connectivity index (χ4n) is 2.58. The predicted molar refractivity (Wildman–Crippen MR) is 72.2 cm³/mol. The largest absolute Gasteiger partial charge is 0.464 e. The van der Waals surface area contributed by atoms with Gasteiger partial charge in [-0.25, -0.2) is 4.79 Å². The van der Waals surface area contributed by atoms with Gasteiger partial charge in [-0.15, -0.1) is 0 Å². The molecule has 2 amide bonds. The molecule has 1 aliphatic heterocycles. The number of rotatable bonds is 2. The third kappa shape index (κ3) is 3.73. The van der Waals surface area contributed by atoms with Gasteiger partial charge in [-0.1, -0.05) is 0 Å². The third-order valence-electron chi connectivity index (χ3n) is 3.75. The van der Waals surface area contributed by atoms with E-state index in [2.05, 4.69) is 0 Å². The van der Waals surface area contributed by atoms with E-state index >= 15 is 0 Å². The molecule has 124 valence electrons. The predicted octanol–water partition coefficient (Wildman–Crippen LogP) is 2.75. The van der Waals surface area contributed by atoms with Gasteiger partial charge in [-0.05, 0) is 38.8 Å². The first kappa shape index (κ1) is 16.7. The summed E-state index contributed by atoms with van der Waals surface area (Å²) in [5.74, 6) is -0.00370. The highest BCUT2D eigenvalue weighted by molar-refractivity contribution is 5.75. The molecule has 1 fully saturated rings. The molecule has 0 saturated carbocycles. The van der Waals surface area contributed by atoms with Crippen LogP contribution >= 0.6 is 0 Å². The van der Waals surface area contributed by atoms with Crippen LogP contribution in [0.15, 0.2) is 16.5 Å². The number of urea groups is 1. The maximum absolute atomic E-state index is 13.2. The molecule has 1 saturated heterocycles. The normalized spacial score (nSPS) is 24.2. The molecular weight excluding hydrogens is 301 g/mol. The average Bonchev–Trinajstić information content (AvgIpc) is 2.80. The molecule has 1 aromatic heterocycles. The van der Waals surface area contributed by atoms with Crippen LogP contribution < -0.4 is 5.32 Å². The number of aliphatic hydroxyl groups excluding tert-OH is 1. The van der Waals surface area contributed by atoms with Crippen LogP contribution in [0.3, 0.4) is 0 Å². The Bertz CT molecular complexity index is 530. The molecular formula is C14H19F3N2O3. The number of furan rings is 1. The second kappa shape index (κ2) is 6.20. The summed E-state index contributed by atoms with van der Waals surface area (Å²) in [4.78, 5) is 13.5. The van der Waals surface area contributed by atoms with Crippen molar-refractivity contribution >= 4 is 6.03 Å². The molecule has 2 heterocycles. The zero-order chi connectivity index (χ0) is 16.5. The molecule has 1 aromatic rings. The van der Waals surface area contributed by atoms with E-state index in [9.17, 15) is 23.1 Å². The summed E-state index contributed by atoms with van der Waals surface area (Å²) in [5, 5.41) is 11.5. The maximum atomic E-state index is 13.2. The first-order valence-electron chi connectivity index (χ1n) is 7.06. The SMILES string of the molecule is Cc1ccc(C(NC(=O)N2CC[C@@H](O)C[C@H]2C)C(F)(F)F)o1. The molecule has 0 aromatic carbocycles. The lowest BCUT2D eigenvalue weighted by molar-refractivity contribution is -0.159. The molecule has 0 bridgehead atoms. The molecule has 1 aliphatic rings. The first-order valence-corrected chi connectivity index (χ1v) is 7.06. The minimum atomic E-state index is -4.65. The van der Waals surface area contributed by atoms with Gasteiger partial charge in [-0.2, -0.15) is 13.2 Å². The summed E-state index contributed by atoms with van der Waals surface area (Å²) < 4.78 is 44.5. The Balaban J connectivity index is 2.12. The Hall–Kier alpha value is -1.70. The molecule has 0 radical (unpaired) electrons. The van der Waals surface area contributed by atoms with Crippen molar-refractivity contribution in [3.8, 4) is 0 Å². The highest BCUT2D eigenvalue weighted by atomic mass is 19.4. The minimum Gasteiger partial charge on any atom is -0.464 e. The summed E-state index contributed by atoms with van der Waals surface area (Å²) in [5.41, 5.74) is 0. The molecule has 0 spiro atoms. The number of alkyl halides is 3. The van der Waals surface area contributed by atoms with Crippen LogP contribution in [-0.4, -0.2) is 40.9 Å². The highest BCUT2D eigenvalue weighted by Gasteiger charge is 2.45. The Morgan fingerprint density at radius 2 is 2.18 bits per heavy atom. The number of hydrogen-bond acceptors (Lipinski definition) is 3. The van der Waals surface area contributed by atoms with Gasteiger partial charge in [-0.3, -0.25) is 0 Å². The van der Waals surface area contributed by atoms with Gasteiger partial charge < -0.3 is 19.7 Å². The van der Waals surface area contributed by atoms with Gasteiger partial charge in [0.05, 0.1) is 6.10 Å². The van der Waals surface area contributed by atoms with Gasteiger partial charge >= 0.3 is 12.2 Å². The van der Waals surface area contributed by atoms with Crippen LogP contribution in [0.4, 0.5) is 18.0 Å².